The summed E-state index contributed by atoms with van der Waals surface area (Å²) in [6, 6.07) is 16.0. The molecule has 0 fully saturated rings. The van der Waals surface area contributed by atoms with Crippen molar-refractivity contribution in [1.29, 1.82) is 0 Å². The molecule has 0 heterocycles. The van der Waals surface area contributed by atoms with Gasteiger partial charge in [0.2, 0.25) is 0 Å². The van der Waals surface area contributed by atoms with Crippen LogP contribution in [0.4, 0.5) is 0 Å². The lowest BCUT2D eigenvalue weighted by molar-refractivity contribution is -0.115. The first kappa shape index (κ1) is 16.1. The molecule has 0 bridgehead atoms. The molecule has 0 spiro atoms. The lowest BCUT2D eigenvalue weighted by atomic mass is 9.83. The molecule has 1 aliphatic rings. The predicted molar refractivity (Wildman–Crippen MR) is 93.0 cm³/mol. The molecule has 0 aromatic heterocycles. The van der Waals surface area contributed by atoms with Crippen LogP contribution < -0.4 is 0 Å². The molecular formula is C21H18O3. The summed E-state index contributed by atoms with van der Waals surface area (Å²) in [7, 11) is 0. The van der Waals surface area contributed by atoms with Crippen molar-refractivity contribution < 1.29 is 14.4 Å². The van der Waals surface area contributed by atoms with Crippen LogP contribution in [-0.2, 0) is 4.79 Å². The van der Waals surface area contributed by atoms with Crippen molar-refractivity contribution in [3.63, 3.8) is 0 Å². The van der Waals surface area contributed by atoms with E-state index in [2.05, 4.69) is 0 Å². The molecule has 24 heavy (non-hydrogen) atoms. The van der Waals surface area contributed by atoms with Crippen molar-refractivity contribution in [3.05, 3.63) is 76.9 Å². The van der Waals surface area contributed by atoms with E-state index >= 15 is 0 Å². The summed E-state index contributed by atoms with van der Waals surface area (Å²) in [5, 5.41) is 0. The van der Waals surface area contributed by atoms with Gasteiger partial charge in [0.05, 0.1) is 5.57 Å². The number of benzene rings is 2. The van der Waals surface area contributed by atoms with Crippen molar-refractivity contribution >= 4 is 22.9 Å². The molecule has 0 unspecified atom stereocenters. The van der Waals surface area contributed by atoms with E-state index in [1.165, 1.54) is 6.92 Å². The number of carbonyl (C=O) groups is 3. The number of Topliss-reactive ketones (excluding diaryl/α,β-unsaturated/α-hetero) is 3. The van der Waals surface area contributed by atoms with E-state index in [-0.39, 0.29) is 17.3 Å². The molecule has 120 valence electrons. The van der Waals surface area contributed by atoms with Crippen molar-refractivity contribution in [2.45, 2.75) is 26.2 Å². The lowest BCUT2D eigenvalue weighted by Gasteiger charge is -2.19. The van der Waals surface area contributed by atoms with Gasteiger partial charge in [-0.15, -0.1) is 0 Å². The molecule has 0 atom stereocenters. The average Bonchev–Trinajstić information content (AvgIpc) is 2.62. The van der Waals surface area contributed by atoms with Crippen LogP contribution >= 0.6 is 0 Å². The van der Waals surface area contributed by atoms with Crippen LogP contribution in [0.3, 0.4) is 0 Å². The van der Waals surface area contributed by atoms with E-state index in [9.17, 15) is 14.4 Å². The molecule has 0 saturated heterocycles. The average molecular weight is 318 g/mol. The first-order chi connectivity index (χ1) is 11.6. The summed E-state index contributed by atoms with van der Waals surface area (Å²) in [6.45, 7) is 1.52. The van der Waals surface area contributed by atoms with Crippen LogP contribution in [0.2, 0.25) is 0 Å². The lowest BCUT2D eigenvalue weighted by Crippen LogP contribution is -2.19. The fourth-order valence-corrected chi connectivity index (χ4v) is 3.04. The van der Waals surface area contributed by atoms with Gasteiger partial charge in [-0.3, -0.25) is 14.4 Å². The third kappa shape index (κ3) is 3.11. The normalized spacial score (nSPS) is 14.6. The van der Waals surface area contributed by atoms with Gasteiger partial charge in [-0.25, -0.2) is 0 Å². The summed E-state index contributed by atoms with van der Waals surface area (Å²) in [5.41, 5.74) is 3.07. The van der Waals surface area contributed by atoms with E-state index in [4.69, 9.17) is 0 Å². The molecule has 2 aromatic rings. The van der Waals surface area contributed by atoms with E-state index in [1.807, 2.05) is 18.2 Å². The topological polar surface area (TPSA) is 51.2 Å². The third-order valence-corrected chi connectivity index (χ3v) is 4.31. The van der Waals surface area contributed by atoms with Crippen LogP contribution in [0.5, 0.6) is 0 Å². The Labute approximate surface area is 141 Å². The fourth-order valence-electron chi connectivity index (χ4n) is 3.04. The number of carbonyl (C=O) groups excluding carboxylic acids is 3. The Bertz CT molecular complexity index is 827. The number of ketones is 3. The Morgan fingerprint density at radius 3 is 2.12 bits per heavy atom. The summed E-state index contributed by atoms with van der Waals surface area (Å²) >= 11 is 0. The monoisotopic (exact) mass is 318 g/mol. The Kier molecular flexibility index (Phi) is 4.52. The zero-order valence-electron chi connectivity index (χ0n) is 13.5. The second kappa shape index (κ2) is 6.75. The van der Waals surface area contributed by atoms with E-state index in [0.29, 0.717) is 29.5 Å². The summed E-state index contributed by atoms with van der Waals surface area (Å²) in [5.74, 6) is -0.317. The molecule has 3 nitrogen and oxygen atoms in total. The van der Waals surface area contributed by atoms with Crippen molar-refractivity contribution in [2.75, 3.05) is 0 Å². The summed E-state index contributed by atoms with van der Waals surface area (Å²) < 4.78 is 0. The first-order valence-electron chi connectivity index (χ1n) is 8.05. The minimum atomic E-state index is -0.217. The minimum Gasteiger partial charge on any atom is -0.295 e. The van der Waals surface area contributed by atoms with Gasteiger partial charge in [0, 0.05) is 17.5 Å². The number of allylic oxidation sites excluding steroid dienone is 2. The molecule has 3 rings (SSSR count). The minimum absolute atomic E-state index is 0.00386. The molecule has 0 amide bonds. The van der Waals surface area contributed by atoms with E-state index in [0.717, 1.165) is 17.6 Å². The van der Waals surface area contributed by atoms with Gasteiger partial charge in [0.25, 0.3) is 0 Å². The standard InChI is InChI=1S/C21H18O3/c1-14(22)15-10-12-16(13-11-15)18-8-5-9-19(23)20(18)21(24)17-6-3-2-4-7-17/h2-4,6-7,10-13H,5,8-9H2,1H3. The van der Waals surface area contributed by atoms with Crippen molar-refractivity contribution in [3.8, 4) is 0 Å². The second-order valence-corrected chi connectivity index (χ2v) is 5.96. The quantitative estimate of drug-likeness (QED) is 0.624. The third-order valence-electron chi connectivity index (χ3n) is 4.31. The highest BCUT2D eigenvalue weighted by Gasteiger charge is 2.27. The molecule has 0 radical (unpaired) electrons. The molecule has 1 aliphatic carbocycles. The molecule has 3 heteroatoms. The second-order valence-electron chi connectivity index (χ2n) is 5.96. The van der Waals surface area contributed by atoms with Gasteiger partial charge >= 0.3 is 0 Å². The van der Waals surface area contributed by atoms with Gasteiger partial charge in [0.15, 0.2) is 17.3 Å². The Balaban J connectivity index is 2.08. The highest BCUT2D eigenvalue weighted by Crippen LogP contribution is 2.32. The highest BCUT2D eigenvalue weighted by atomic mass is 16.1. The maximum atomic E-state index is 12.8. The van der Waals surface area contributed by atoms with Gasteiger partial charge < -0.3 is 0 Å². The van der Waals surface area contributed by atoms with Crippen LogP contribution in [0.15, 0.2) is 60.2 Å². The Morgan fingerprint density at radius 2 is 1.50 bits per heavy atom. The molecule has 0 aliphatic heterocycles. The van der Waals surface area contributed by atoms with Gasteiger partial charge in [-0.2, -0.15) is 0 Å². The highest BCUT2D eigenvalue weighted by molar-refractivity contribution is 6.31. The molecule has 2 aromatic carbocycles. The smallest absolute Gasteiger partial charge is 0.196 e. The molecule has 0 saturated carbocycles. The maximum absolute atomic E-state index is 12.8. The van der Waals surface area contributed by atoms with Crippen LogP contribution in [0.1, 0.15) is 52.5 Å². The van der Waals surface area contributed by atoms with E-state index < -0.39 is 0 Å². The first-order valence-corrected chi connectivity index (χ1v) is 8.05. The Morgan fingerprint density at radius 1 is 0.833 bits per heavy atom. The maximum Gasteiger partial charge on any atom is 0.196 e. The molecule has 0 N–H and O–H groups in total. The SMILES string of the molecule is CC(=O)c1ccc(C2=C(C(=O)c3ccccc3)C(=O)CCC2)cc1. The van der Waals surface area contributed by atoms with E-state index in [1.54, 1.807) is 36.4 Å². The fraction of sp³-hybridized carbons (Fsp3) is 0.190. The number of hydrogen-bond acceptors (Lipinski definition) is 3. The number of rotatable bonds is 4. The zero-order chi connectivity index (χ0) is 17.1. The largest absolute Gasteiger partial charge is 0.295 e. The summed E-state index contributed by atoms with van der Waals surface area (Å²) in [4.78, 5) is 36.7. The van der Waals surface area contributed by atoms with Gasteiger partial charge in [0.1, 0.15) is 0 Å². The zero-order valence-corrected chi connectivity index (χ0v) is 13.5. The Hall–Kier alpha value is -2.81. The van der Waals surface area contributed by atoms with Gasteiger partial charge in [-0.05, 0) is 30.9 Å². The van der Waals surface area contributed by atoms with Crippen molar-refractivity contribution in [2.24, 2.45) is 0 Å². The van der Waals surface area contributed by atoms with Crippen LogP contribution in [-0.4, -0.2) is 17.3 Å². The van der Waals surface area contributed by atoms with Gasteiger partial charge in [-0.1, -0.05) is 54.6 Å². The summed E-state index contributed by atoms with van der Waals surface area (Å²) in [6.07, 6.45) is 1.84. The van der Waals surface area contributed by atoms with Crippen LogP contribution in [0.25, 0.3) is 5.57 Å². The molecular weight excluding hydrogens is 300 g/mol. The van der Waals surface area contributed by atoms with Crippen molar-refractivity contribution in [1.82, 2.24) is 0 Å². The van der Waals surface area contributed by atoms with Crippen LogP contribution in [0, 0.1) is 0 Å². The number of hydrogen-bond donors (Lipinski definition) is 0. The predicted octanol–water partition coefficient (Wildman–Crippen LogP) is 4.28.